The maximum Gasteiger partial charge on any atom is 0.123 e. The van der Waals surface area contributed by atoms with E-state index in [-0.39, 0.29) is 5.82 Å². The summed E-state index contributed by atoms with van der Waals surface area (Å²) in [5, 5.41) is 3.52. The van der Waals surface area contributed by atoms with Gasteiger partial charge in [0, 0.05) is 19.1 Å². The van der Waals surface area contributed by atoms with Crippen LogP contribution in [0.5, 0.6) is 0 Å². The third-order valence-electron chi connectivity index (χ3n) is 4.07. The number of hydrogen-bond donors (Lipinski definition) is 1. The molecule has 1 N–H and O–H groups in total. The first-order chi connectivity index (χ1) is 9.19. The molecule has 2 atom stereocenters. The summed E-state index contributed by atoms with van der Waals surface area (Å²) in [5.74, 6) is 0.578. The van der Waals surface area contributed by atoms with Crippen molar-refractivity contribution in [3.63, 3.8) is 0 Å². The zero-order valence-electron chi connectivity index (χ0n) is 12.0. The lowest BCUT2D eigenvalue weighted by Gasteiger charge is -2.36. The van der Waals surface area contributed by atoms with Crippen LogP contribution in [-0.4, -0.2) is 30.6 Å². The molecule has 2 unspecified atom stereocenters. The zero-order valence-corrected chi connectivity index (χ0v) is 12.0. The van der Waals surface area contributed by atoms with Crippen molar-refractivity contribution in [1.82, 2.24) is 10.2 Å². The predicted molar refractivity (Wildman–Crippen MR) is 77.5 cm³/mol. The van der Waals surface area contributed by atoms with E-state index in [1.165, 1.54) is 18.9 Å². The SMILES string of the molecule is CCNC(C)C1CCCN(Cc2cccc(F)c2)C1. The Morgan fingerprint density at radius 2 is 2.32 bits per heavy atom. The molecule has 0 bridgehead atoms. The number of likely N-dealkylation sites (tertiary alicyclic amines) is 1. The topological polar surface area (TPSA) is 15.3 Å². The lowest BCUT2D eigenvalue weighted by Crippen LogP contribution is -2.44. The molecule has 0 radical (unpaired) electrons. The summed E-state index contributed by atoms with van der Waals surface area (Å²) in [4.78, 5) is 2.46. The van der Waals surface area contributed by atoms with Gasteiger partial charge in [0.15, 0.2) is 0 Å². The van der Waals surface area contributed by atoms with Crippen LogP contribution >= 0.6 is 0 Å². The first-order valence-electron chi connectivity index (χ1n) is 7.39. The van der Waals surface area contributed by atoms with Gasteiger partial charge in [0.1, 0.15) is 5.82 Å². The lowest BCUT2D eigenvalue weighted by atomic mass is 9.91. The quantitative estimate of drug-likeness (QED) is 0.879. The molecule has 0 aliphatic carbocycles. The Hall–Kier alpha value is -0.930. The number of halogens is 1. The highest BCUT2D eigenvalue weighted by Gasteiger charge is 2.24. The van der Waals surface area contributed by atoms with Crippen LogP contribution in [0.3, 0.4) is 0 Å². The van der Waals surface area contributed by atoms with Crippen LogP contribution in [0.25, 0.3) is 0 Å². The maximum absolute atomic E-state index is 13.2. The Morgan fingerprint density at radius 3 is 3.05 bits per heavy atom. The fourth-order valence-electron chi connectivity index (χ4n) is 3.03. The van der Waals surface area contributed by atoms with Crippen LogP contribution in [-0.2, 0) is 6.54 Å². The summed E-state index contributed by atoms with van der Waals surface area (Å²) in [7, 11) is 0. The molecule has 0 amide bonds. The average molecular weight is 264 g/mol. The summed E-state index contributed by atoms with van der Waals surface area (Å²) in [6.45, 7) is 8.58. The number of hydrogen-bond acceptors (Lipinski definition) is 2. The van der Waals surface area contributed by atoms with E-state index in [0.29, 0.717) is 12.0 Å². The second-order valence-electron chi connectivity index (χ2n) is 5.61. The lowest BCUT2D eigenvalue weighted by molar-refractivity contribution is 0.145. The van der Waals surface area contributed by atoms with Crippen molar-refractivity contribution < 1.29 is 4.39 Å². The standard InChI is InChI=1S/C16H25FN2/c1-3-18-13(2)15-7-5-9-19(12-15)11-14-6-4-8-16(17)10-14/h4,6,8,10,13,15,18H,3,5,7,9,11-12H2,1-2H3. The molecular formula is C16H25FN2. The highest BCUT2D eigenvalue weighted by atomic mass is 19.1. The van der Waals surface area contributed by atoms with Crippen LogP contribution in [0.1, 0.15) is 32.3 Å². The maximum atomic E-state index is 13.2. The molecule has 3 heteroatoms. The van der Waals surface area contributed by atoms with E-state index in [2.05, 4.69) is 24.1 Å². The fourth-order valence-corrected chi connectivity index (χ4v) is 3.03. The number of nitrogens with one attached hydrogen (secondary N) is 1. The third kappa shape index (κ3) is 4.29. The van der Waals surface area contributed by atoms with Gasteiger partial charge in [-0.3, -0.25) is 4.90 Å². The molecule has 0 spiro atoms. The van der Waals surface area contributed by atoms with Gasteiger partial charge in [0.2, 0.25) is 0 Å². The van der Waals surface area contributed by atoms with E-state index in [9.17, 15) is 4.39 Å². The van der Waals surface area contributed by atoms with Crippen LogP contribution in [0.2, 0.25) is 0 Å². The Kier molecular flexibility index (Phi) is 5.34. The van der Waals surface area contributed by atoms with Gasteiger partial charge in [0.25, 0.3) is 0 Å². The molecular weight excluding hydrogens is 239 g/mol. The number of piperidine rings is 1. The van der Waals surface area contributed by atoms with Gasteiger partial charge < -0.3 is 5.32 Å². The van der Waals surface area contributed by atoms with Crippen molar-refractivity contribution in [1.29, 1.82) is 0 Å². The second kappa shape index (κ2) is 7.01. The fraction of sp³-hybridized carbons (Fsp3) is 0.625. The minimum absolute atomic E-state index is 0.132. The normalized spacial score (nSPS) is 22.4. The van der Waals surface area contributed by atoms with E-state index in [1.54, 1.807) is 12.1 Å². The monoisotopic (exact) mass is 264 g/mol. The zero-order chi connectivity index (χ0) is 13.7. The Bertz CT molecular complexity index is 394. The molecule has 1 aromatic rings. The van der Waals surface area contributed by atoms with Gasteiger partial charge in [-0.05, 0) is 56.5 Å². The molecule has 1 fully saturated rings. The van der Waals surface area contributed by atoms with Crippen LogP contribution < -0.4 is 5.32 Å². The molecule has 19 heavy (non-hydrogen) atoms. The number of benzene rings is 1. The second-order valence-corrected chi connectivity index (χ2v) is 5.61. The molecule has 1 saturated heterocycles. The van der Waals surface area contributed by atoms with Crippen molar-refractivity contribution in [2.24, 2.45) is 5.92 Å². The third-order valence-corrected chi connectivity index (χ3v) is 4.07. The summed E-state index contributed by atoms with van der Waals surface area (Å²) < 4.78 is 13.2. The van der Waals surface area contributed by atoms with E-state index >= 15 is 0 Å². The molecule has 2 rings (SSSR count). The van der Waals surface area contributed by atoms with Gasteiger partial charge in [-0.25, -0.2) is 4.39 Å². The van der Waals surface area contributed by atoms with E-state index in [0.717, 1.165) is 31.7 Å². The first kappa shape index (κ1) is 14.5. The van der Waals surface area contributed by atoms with Gasteiger partial charge in [-0.1, -0.05) is 19.1 Å². The molecule has 1 aliphatic rings. The van der Waals surface area contributed by atoms with E-state index in [4.69, 9.17) is 0 Å². The summed E-state index contributed by atoms with van der Waals surface area (Å²) >= 11 is 0. The van der Waals surface area contributed by atoms with E-state index < -0.39 is 0 Å². The molecule has 0 aromatic heterocycles. The number of rotatable bonds is 5. The molecule has 1 heterocycles. The molecule has 1 aliphatic heterocycles. The van der Waals surface area contributed by atoms with Crippen LogP contribution in [0, 0.1) is 11.7 Å². The van der Waals surface area contributed by atoms with Gasteiger partial charge in [0.05, 0.1) is 0 Å². The predicted octanol–water partition coefficient (Wildman–Crippen LogP) is 3.04. The largest absolute Gasteiger partial charge is 0.314 e. The summed E-state index contributed by atoms with van der Waals surface area (Å²) in [5.41, 5.74) is 1.08. The van der Waals surface area contributed by atoms with Crippen LogP contribution in [0.15, 0.2) is 24.3 Å². The smallest absolute Gasteiger partial charge is 0.123 e. The highest BCUT2D eigenvalue weighted by molar-refractivity contribution is 5.16. The van der Waals surface area contributed by atoms with Crippen LogP contribution in [0.4, 0.5) is 4.39 Å². The van der Waals surface area contributed by atoms with Gasteiger partial charge in [-0.2, -0.15) is 0 Å². The Morgan fingerprint density at radius 1 is 1.47 bits per heavy atom. The van der Waals surface area contributed by atoms with Crippen molar-refractivity contribution in [3.05, 3.63) is 35.6 Å². The highest BCUT2D eigenvalue weighted by Crippen LogP contribution is 2.21. The summed E-state index contributed by atoms with van der Waals surface area (Å²) in [6, 6.07) is 7.54. The molecule has 1 aromatic carbocycles. The van der Waals surface area contributed by atoms with E-state index in [1.807, 2.05) is 6.07 Å². The summed E-state index contributed by atoms with van der Waals surface area (Å²) in [6.07, 6.45) is 2.55. The first-order valence-corrected chi connectivity index (χ1v) is 7.39. The Labute approximate surface area is 116 Å². The van der Waals surface area contributed by atoms with Gasteiger partial charge >= 0.3 is 0 Å². The molecule has 0 saturated carbocycles. The van der Waals surface area contributed by atoms with Crippen molar-refractivity contribution >= 4 is 0 Å². The molecule has 2 nitrogen and oxygen atoms in total. The van der Waals surface area contributed by atoms with Crippen molar-refractivity contribution in [2.75, 3.05) is 19.6 Å². The molecule has 106 valence electrons. The minimum Gasteiger partial charge on any atom is -0.314 e. The minimum atomic E-state index is -0.132. The van der Waals surface area contributed by atoms with Crippen molar-refractivity contribution in [3.8, 4) is 0 Å². The van der Waals surface area contributed by atoms with Gasteiger partial charge in [-0.15, -0.1) is 0 Å². The van der Waals surface area contributed by atoms with Crippen molar-refractivity contribution in [2.45, 2.75) is 39.3 Å². The Balaban J connectivity index is 1.90. The average Bonchev–Trinajstić information content (AvgIpc) is 2.39. The number of nitrogens with zero attached hydrogens (tertiary/aromatic N) is 1.